The van der Waals surface area contributed by atoms with Gasteiger partial charge in [-0.25, -0.2) is 0 Å². The van der Waals surface area contributed by atoms with Crippen molar-refractivity contribution in [2.75, 3.05) is 0 Å². The van der Waals surface area contributed by atoms with Crippen LogP contribution >= 0.6 is 11.6 Å². The zero-order chi connectivity index (χ0) is 11.7. The van der Waals surface area contributed by atoms with Crippen LogP contribution in [-0.4, -0.2) is 15.3 Å². The van der Waals surface area contributed by atoms with Gasteiger partial charge in [0.2, 0.25) is 6.08 Å². The van der Waals surface area contributed by atoms with Crippen LogP contribution in [0, 0.1) is 10.1 Å². The minimum atomic E-state index is -0.950. The standard InChI is InChI=1S/C7H3ClN4O4/c8-4-1-2-5(12(14)15)6(3-4)11-9-7(13)16-10-11/h1-3H. The van der Waals surface area contributed by atoms with Gasteiger partial charge in [-0.1, -0.05) is 11.6 Å². The van der Waals surface area contributed by atoms with Gasteiger partial charge in [0, 0.05) is 17.2 Å². The van der Waals surface area contributed by atoms with Gasteiger partial charge in [-0.05, 0) is 6.07 Å². The molecule has 0 aliphatic carbocycles. The zero-order valence-electron chi connectivity index (χ0n) is 7.53. The summed E-state index contributed by atoms with van der Waals surface area (Å²) in [5.74, 6) is 0. The lowest BCUT2D eigenvalue weighted by Crippen LogP contribution is -2.36. The summed E-state index contributed by atoms with van der Waals surface area (Å²) >= 11 is 5.68. The second kappa shape index (κ2) is 3.74. The Kier molecular flexibility index (Phi) is 2.41. The number of nitro benzene ring substituents is 1. The van der Waals surface area contributed by atoms with Gasteiger partial charge in [-0.15, -0.1) is 0 Å². The maximum absolute atomic E-state index is 10.7. The molecule has 16 heavy (non-hydrogen) atoms. The van der Waals surface area contributed by atoms with Crippen LogP contribution in [0.1, 0.15) is 0 Å². The Hall–Kier alpha value is -2.22. The van der Waals surface area contributed by atoms with E-state index in [0.29, 0.717) is 4.80 Å². The highest BCUT2D eigenvalue weighted by atomic mass is 35.5. The maximum atomic E-state index is 10.7. The first-order valence-electron chi connectivity index (χ1n) is 3.95. The summed E-state index contributed by atoms with van der Waals surface area (Å²) in [7, 11) is 0. The lowest BCUT2D eigenvalue weighted by atomic mass is 10.3. The second-order valence-corrected chi connectivity index (χ2v) is 3.15. The Morgan fingerprint density at radius 2 is 2.25 bits per heavy atom. The minimum Gasteiger partial charge on any atom is -0.523 e. The largest absolute Gasteiger partial charge is 0.523 e. The van der Waals surface area contributed by atoms with Crippen LogP contribution < -0.4 is 9.90 Å². The second-order valence-electron chi connectivity index (χ2n) is 2.72. The number of nitrogens with zero attached hydrogens (tertiary/aromatic N) is 4. The molecule has 0 spiro atoms. The molecular formula is C7H3ClN4O4. The average Bonchev–Trinajstić information content (AvgIpc) is 2.64. The smallest absolute Gasteiger partial charge is 0.347 e. The van der Waals surface area contributed by atoms with E-state index >= 15 is 0 Å². The van der Waals surface area contributed by atoms with Gasteiger partial charge in [-0.2, -0.15) is 0 Å². The summed E-state index contributed by atoms with van der Waals surface area (Å²) in [4.78, 5) is 10.8. The van der Waals surface area contributed by atoms with Crippen molar-refractivity contribution < 1.29 is 19.3 Å². The van der Waals surface area contributed by atoms with Crippen LogP contribution in [0.4, 0.5) is 5.69 Å². The SMILES string of the molecule is O=[N+]([O-])c1ccc(Cl)cc1-[n+]1noc([O-])n1. The van der Waals surface area contributed by atoms with Crippen molar-refractivity contribution in [3.8, 4) is 11.8 Å². The van der Waals surface area contributed by atoms with Gasteiger partial charge in [-0.3, -0.25) is 10.1 Å². The summed E-state index contributed by atoms with van der Waals surface area (Å²) in [6, 6.07) is 3.79. The molecule has 0 unspecified atom stereocenters. The molecule has 2 rings (SSSR count). The molecule has 0 atom stereocenters. The fourth-order valence-electron chi connectivity index (χ4n) is 1.10. The summed E-state index contributed by atoms with van der Waals surface area (Å²) < 4.78 is 4.17. The molecule has 0 saturated heterocycles. The van der Waals surface area contributed by atoms with Crippen molar-refractivity contribution in [1.29, 1.82) is 0 Å². The first-order valence-corrected chi connectivity index (χ1v) is 4.33. The summed E-state index contributed by atoms with van der Waals surface area (Å²) in [6.45, 7) is 0. The molecule has 9 heteroatoms. The van der Waals surface area contributed by atoms with Crippen LogP contribution in [0.25, 0.3) is 5.69 Å². The maximum Gasteiger partial charge on any atom is 0.347 e. The van der Waals surface area contributed by atoms with Crippen LogP contribution in [0.3, 0.4) is 0 Å². The van der Waals surface area contributed by atoms with Crippen molar-refractivity contribution in [2.24, 2.45) is 0 Å². The number of aromatic nitrogens is 3. The van der Waals surface area contributed by atoms with E-state index in [1.54, 1.807) is 0 Å². The van der Waals surface area contributed by atoms with E-state index in [-0.39, 0.29) is 16.4 Å². The number of benzene rings is 1. The Morgan fingerprint density at radius 3 is 2.81 bits per heavy atom. The van der Waals surface area contributed by atoms with Crippen molar-refractivity contribution in [3.63, 3.8) is 0 Å². The summed E-state index contributed by atoms with van der Waals surface area (Å²) in [5.41, 5.74) is -0.321. The average molecular weight is 243 g/mol. The van der Waals surface area contributed by atoms with Crippen LogP contribution in [0.5, 0.6) is 6.08 Å². The van der Waals surface area contributed by atoms with E-state index < -0.39 is 11.0 Å². The third-order valence-electron chi connectivity index (χ3n) is 1.72. The molecule has 1 aromatic heterocycles. The number of halogens is 1. The highest BCUT2D eigenvalue weighted by molar-refractivity contribution is 6.30. The summed E-state index contributed by atoms with van der Waals surface area (Å²) in [6.07, 6.45) is -0.950. The summed E-state index contributed by atoms with van der Waals surface area (Å²) in [5, 5.41) is 28.1. The van der Waals surface area contributed by atoms with Crippen LogP contribution in [0.15, 0.2) is 22.7 Å². The molecule has 8 nitrogen and oxygen atoms in total. The molecule has 0 amide bonds. The minimum absolute atomic E-state index is 0.0386. The van der Waals surface area contributed by atoms with Gasteiger partial charge in [0.1, 0.15) is 5.27 Å². The van der Waals surface area contributed by atoms with Crippen molar-refractivity contribution in [2.45, 2.75) is 0 Å². The molecule has 0 fully saturated rings. The fraction of sp³-hybridized carbons (Fsp3) is 0. The van der Waals surface area contributed by atoms with Crippen LogP contribution in [0.2, 0.25) is 5.02 Å². The molecule has 0 bridgehead atoms. The molecule has 0 aliphatic heterocycles. The Balaban J connectivity index is 2.62. The molecule has 0 radical (unpaired) electrons. The van der Waals surface area contributed by atoms with E-state index in [9.17, 15) is 15.2 Å². The quantitative estimate of drug-likeness (QED) is 0.416. The van der Waals surface area contributed by atoms with Gasteiger partial charge < -0.3 is 9.63 Å². The Morgan fingerprint density at radius 1 is 1.50 bits per heavy atom. The van der Waals surface area contributed by atoms with Crippen molar-refractivity contribution >= 4 is 17.3 Å². The molecule has 1 heterocycles. The van der Waals surface area contributed by atoms with Crippen molar-refractivity contribution in [3.05, 3.63) is 33.3 Å². The zero-order valence-corrected chi connectivity index (χ0v) is 8.29. The predicted octanol–water partition coefficient (Wildman–Crippen LogP) is -0.0185. The van der Waals surface area contributed by atoms with E-state index in [4.69, 9.17) is 11.6 Å². The highest BCUT2D eigenvalue weighted by Gasteiger charge is 2.26. The Labute approximate surface area is 92.8 Å². The van der Waals surface area contributed by atoms with Crippen LogP contribution in [-0.2, 0) is 0 Å². The normalized spacial score (nSPS) is 10.3. The fourth-order valence-corrected chi connectivity index (χ4v) is 1.26. The van der Waals surface area contributed by atoms with Gasteiger partial charge in [0.15, 0.2) is 0 Å². The van der Waals surface area contributed by atoms with Gasteiger partial charge in [0.25, 0.3) is 0 Å². The molecular weight excluding hydrogens is 240 g/mol. The number of nitro groups is 1. The van der Waals surface area contributed by atoms with E-state index in [0.717, 1.165) is 0 Å². The number of hydrogen-bond acceptors (Lipinski definition) is 6. The third kappa shape index (κ3) is 1.77. The molecule has 0 saturated carbocycles. The molecule has 1 aromatic carbocycles. The van der Waals surface area contributed by atoms with Crippen molar-refractivity contribution in [1.82, 2.24) is 10.4 Å². The topological polar surface area (TPSA) is 109 Å². The molecule has 2 aromatic rings. The molecule has 0 aliphatic rings. The Bertz CT molecular complexity index is 555. The van der Waals surface area contributed by atoms with E-state index in [1.807, 2.05) is 0 Å². The number of hydrogen-bond donors (Lipinski definition) is 0. The van der Waals surface area contributed by atoms with Gasteiger partial charge in [0.05, 0.1) is 14.8 Å². The van der Waals surface area contributed by atoms with Gasteiger partial charge >= 0.3 is 11.4 Å². The first kappa shape index (κ1) is 10.3. The number of rotatable bonds is 2. The monoisotopic (exact) mass is 242 g/mol. The van der Waals surface area contributed by atoms with E-state index in [2.05, 4.69) is 14.9 Å². The first-order chi connectivity index (χ1) is 7.58. The molecule has 0 N–H and O–H groups in total. The highest BCUT2D eigenvalue weighted by Crippen LogP contribution is 2.22. The lowest BCUT2D eigenvalue weighted by Gasteiger charge is -1.92. The molecule has 82 valence electrons. The third-order valence-corrected chi connectivity index (χ3v) is 1.96. The lowest BCUT2D eigenvalue weighted by molar-refractivity contribution is -0.728. The van der Waals surface area contributed by atoms with E-state index in [1.165, 1.54) is 18.2 Å². The predicted molar refractivity (Wildman–Crippen MR) is 46.9 cm³/mol.